The van der Waals surface area contributed by atoms with Crippen LogP contribution in [0.3, 0.4) is 0 Å². The molecule has 27 heavy (non-hydrogen) atoms. The fourth-order valence-corrected chi connectivity index (χ4v) is 4.17. The molecule has 2 N–H and O–H groups in total. The van der Waals surface area contributed by atoms with E-state index in [0.717, 1.165) is 31.4 Å². The summed E-state index contributed by atoms with van der Waals surface area (Å²) in [6, 6.07) is 9.00. The zero-order chi connectivity index (χ0) is 19.1. The second-order valence-electron chi connectivity index (χ2n) is 8.05. The summed E-state index contributed by atoms with van der Waals surface area (Å²) in [5.74, 6) is 1.99. The first kappa shape index (κ1) is 19.7. The number of amides is 1. The number of carbonyl (C=O) groups is 1. The number of aliphatic imine (C=N–C) groups is 1. The lowest BCUT2D eigenvalue weighted by molar-refractivity contribution is -0.128. The van der Waals surface area contributed by atoms with E-state index in [2.05, 4.69) is 48.7 Å². The molecular formula is C22H34N4O. The van der Waals surface area contributed by atoms with E-state index in [1.165, 1.54) is 36.8 Å². The average molecular weight is 371 g/mol. The number of hydrogen-bond donors (Lipinski definition) is 2. The maximum absolute atomic E-state index is 11.9. The van der Waals surface area contributed by atoms with Gasteiger partial charge in [-0.15, -0.1) is 0 Å². The highest BCUT2D eigenvalue weighted by molar-refractivity contribution is 5.80. The first-order valence-electron chi connectivity index (χ1n) is 10.5. The summed E-state index contributed by atoms with van der Waals surface area (Å²) in [6.45, 7) is 7.57. The fourth-order valence-electron chi connectivity index (χ4n) is 4.17. The average Bonchev–Trinajstić information content (AvgIpc) is 3.05. The molecule has 2 atom stereocenters. The Balaban J connectivity index is 1.59. The minimum atomic E-state index is 0.277. The van der Waals surface area contributed by atoms with Gasteiger partial charge in [-0.3, -0.25) is 4.79 Å². The van der Waals surface area contributed by atoms with Gasteiger partial charge in [0.1, 0.15) is 0 Å². The summed E-state index contributed by atoms with van der Waals surface area (Å²) in [5, 5.41) is 7.00. The van der Waals surface area contributed by atoms with Crippen LogP contribution in [0.2, 0.25) is 0 Å². The van der Waals surface area contributed by atoms with Crippen molar-refractivity contribution in [2.45, 2.75) is 71.5 Å². The summed E-state index contributed by atoms with van der Waals surface area (Å²) in [5.41, 5.74) is 2.38. The summed E-state index contributed by atoms with van der Waals surface area (Å²) < 4.78 is 0. The van der Waals surface area contributed by atoms with Crippen LogP contribution in [0.25, 0.3) is 0 Å². The molecule has 1 saturated carbocycles. The number of benzene rings is 1. The Bertz CT molecular complexity index is 657. The zero-order valence-electron chi connectivity index (χ0n) is 16.8. The standard InChI is InChI=1S/C22H34N4O/c1-3-23-22(25-20-10-4-7-17(2)13-20)24-15-18-8-5-9-19(14-18)16-26-12-6-11-21(26)27/h5,8-9,14,17,20H,3-4,6-7,10-13,15-16H2,1-2H3,(H2,23,24,25). The largest absolute Gasteiger partial charge is 0.357 e. The molecule has 5 nitrogen and oxygen atoms in total. The highest BCUT2D eigenvalue weighted by atomic mass is 16.2. The number of likely N-dealkylation sites (tertiary alicyclic amines) is 1. The molecule has 0 spiro atoms. The molecule has 0 radical (unpaired) electrons. The van der Waals surface area contributed by atoms with Crippen LogP contribution in [-0.4, -0.2) is 35.9 Å². The number of carbonyl (C=O) groups excluding carboxylic acids is 1. The molecule has 148 valence electrons. The van der Waals surface area contributed by atoms with Gasteiger partial charge in [-0.2, -0.15) is 0 Å². The van der Waals surface area contributed by atoms with Crippen molar-refractivity contribution in [3.8, 4) is 0 Å². The van der Waals surface area contributed by atoms with E-state index in [0.29, 0.717) is 25.6 Å². The molecule has 1 aliphatic heterocycles. The van der Waals surface area contributed by atoms with E-state index in [1.807, 2.05) is 4.90 Å². The molecule has 3 rings (SSSR count). The van der Waals surface area contributed by atoms with Crippen molar-refractivity contribution in [1.82, 2.24) is 15.5 Å². The van der Waals surface area contributed by atoms with Crippen molar-refractivity contribution in [2.75, 3.05) is 13.1 Å². The first-order valence-corrected chi connectivity index (χ1v) is 10.5. The Labute approximate surface area is 163 Å². The molecule has 1 aromatic carbocycles. The summed E-state index contributed by atoms with van der Waals surface area (Å²) in [6.07, 6.45) is 6.79. The number of rotatable bonds is 6. The van der Waals surface area contributed by atoms with E-state index in [4.69, 9.17) is 4.99 Å². The third-order valence-corrected chi connectivity index (χ3v) is 5.58. The summed E-state index contributed by atoms with van der Waals surface area (Å²) in [4.78, 5) is 18.6. The van der Waals surface area contributed by atoms with Crippen molar-refractivity contribution in [1.29, 1.82) is 0 Å². The van der Waals surface area contributed by atoms with Crippen molar-refractivity contribution >= 4 is 11.9 Å². The predicted octanol–water partition coefficient (Wildman–Crippen LogP) is 3.44. The van der Waals surface area contributed by atoms with E-state index in [-0.39, 0.29) is 5.91 Å². The van der Waals surface area contributed by atoms with Gasteiger partial charge in [0, 0.05) is 32.1 Å². The second-order valence-corrected chi connectivity index (χ2v) is 8.05. The van der Waals surface area contributed by atoms with Crippen molar-refractivity contribution in [3.05, 3.63) is 35.4 Å². The highest BCUT2D eigenvalue weighted by Crippen LogP contribution is 2.23. The van der Waals surface area contributed by atoms with Gasteiger partial charge < -0.3 is 15.5 Å². The van der Waals surface area contributed by atoms with Crippen molar-refractivity contribution in [2.24, 2.45) is 10.9 Å². The predicted molar refractivity (Wildman–Crippen MR) is 110 cm³/mol. The molecule has 5 heteroatoms. The number of nitrogens with zero attached hydrogens (tertiary/aromatic N) is 2. The summed E-state index contributed by atoms with van der Waals surface area (Å²) >= 11 is 0. The Morgan fingerprint density at radius 2 is 2.11 bits per heavy atom. The molecule has 2 fully saturated rings. The minimum Gasteiger partial charge on any atom is -0.357 e. The van der Waals surface area contributed by atoms with Crippen LogP contribution in [0.5, 0.6) is 0 Å². The number of nitrogens with one attached hydrogen (secondary N) is 2. The van der Waals surface area contributed by atoms with Gasteiger partial charge >= 0.3 is 0 Å². The molecule has 1 amide bonds. The SMILES string of the molecule is CCNC(=NCc1cccc(CN2CCCC2=O)c1)NC1CCCC(C)C1. The minimum absolute atomic E-state index is 0.277. The van der Waals surface area contributed by atoms with Crippen LogP contribution in [0.15, 0.2) is 29.3 Å². The van der Waals surface area contributed by atoms with Gasteiger partial charge in [0.2, 0.25) is 5.91 Å². The Morgan fingerprint density at radius 3 is 2.85 bits per heavy atom. The molecule has 2 unspecified atom stereocenters. The number of guanidine groups is 1. The highest BCUT2D eigenvalue weighted by Gasteiger charge is 2.20. The third kappa shape index (κ3) is 5.98. The third-order valence-electron chi connectivity index (χ3n) is 5.58. The molecule has 1 aromatic rings. The second kappa shape index (κ2) is 9.77. The fraction of sp³-hybridized carbons (Fsp3) is 0.636. The zero-order valence-corrected chi connectivity index (χ0v) is 16.8. The van der Waals surface area contributed by atoms with Gasteiger partial charge in [-0.1, -0.05) is 44.0 Å². The Morgan fingerprint density at radius 1 is 1.26 bits per heavy atom. The Hall–Kier alpha value is -2.04. The van der Waals surface area contributed by atoms with E-state index < -0.39 is 0 Å². The van der Waals surface area contributed by atoms with Gasteiger partial charge in [-0.25, -0.2) is 4.99 Å². The van der Waals surface area contributed by atoms with Crippen molar-refractivity contribution < 1.29 is 4.79 Å². The lowest BCUT2D eigenvalue weighted by atomic mass is 9.87. The van der Waals surface area contributed by atoms with Crippen LogP contribution >= 0.6 is 0 Å². The quantitative estimate of drug-likeness (QED) is 0.596. The molecular weight excluding hydrogens is 336 g/mol. The Kier molecular flexibility index (Phi) is 7.13. The monoisotopic (exact) mass is 370 g/mol. The molecule has 1 heterocycles. The molecule has 1 saturated heterocycles. The van der Waals surface area contributed by atoms with Crippen LogP contribution in [0.4, 0.5) is 0 Å². The maximum atomic E-state index is 11.9. The number of hydrogen-bond acceptors (Lipinski definition) is 2. The van der Waals surface area contributed by atoms with Crippen LogP contribution in [-0.2, 0) is 17.9 Å². The van der Waals surface area contributed by atoms with Gasteiger partial charge in [-0.05, 0) is 43.2 Å². The van der Waals surface area contributed by atoms with Crippen LogP contribution < -0.4 is 10.6 Å². The van der Waals surface area contributed by atoms with Gasteiger partial charge in [0.25, 0.3) is 0 Å². The maximum Gasteiger partial charge on any atom is 0.222 e. The van der Waals surface area contributed by atoms with Gasteiger partial charge in [0.15, 0.2) is 5.96 Å². The van der Waals surface area contributed by atoms with Crippen LogP contribution in [0.1, 0.15) is 63.5 Å². The normalized spacial score (nSPS) is 23.6. The molecule has 2 aliphatic rings. The summed E-state index contributed by atoms with van der Waals surface area (Å²) in [7, 11) is 0. The van der Waals surface area contributed by atoms with Gasteiger partial charge in [0.05, 0.1) is 6.54 Å². The van der Waals surface area contributed by atoms with E-state index in [1.54, 1.807) is 0 Å². The van der Waals surface area contributed by atoms with Crippen LogP contribution in [0, 0.1) is 5.92 Å². The van der Waals surface area contributed by atoms with E-state index >= 15 is 0 Å². The lowest BCUT2D eigenvalue weighted by Crippen LogP contribution is -2.45. The topological polar surface area (TPSA) is 56.7 Å². The first-order chi connectivity index (χ1) is 13.1. The molecule has 1 aliphatic carbocycles. The smallest absolute Gasteiger partial charge is 0.222 e. The molecule has 0 aromatic heterocycles. The van der Waals surface area contributed by atoms with Crippen molar-refractivity contribution in [3.63, 3.8) is 0 Å². The molecule has 0 bridgehead atoms. The van der Waals surface area contributed by atoms with E-state index in [9.17, 15) is 4.79 Å². The lowest BCUT2D eigenvalue weighted by Gasteiger charge is -2.28.